The molecule has 2 aromatic heterocycles. The van der Waals surface area contributed by atoms with E-state index in [9.17, 15) is 9.59 Å². The zero-order valence-corrected chi connectivity index (χ0v) is 14.6. The topological polar surface area (TPSA) is 77.4 Å². The lowest BCUT2D eigenvalue weighted by molar-refractivity contribution is 0.623. The maximum absolute atomic E-state index is 12.9. The van der Waals surface area contributed by atoms with Crippen molar-refractivity contribution in [3.8, 4) is 0 Å². The average molecular weight is 330 g/mol. The molecule has 24 heavy (non-hydrogen) atoms. The van der Waals surface area contributed by atoms with Crippen molar-refractivity contribution in [3.63, 3.8) is 0 Å². The molecule has 8 nitrogen and oxygen atoms in total. The van der Waals surface area contributed by atoms with E-state index in [4.69, 9.17) is 0 Å². The highest BCUT2D eigenvalue weighted by molar-refractivity contribution is 5.91. The maximum atomic E-state index is 12.9. The van der Waals surface area contributed by atoms with Crippen LogP contribution in [0.2, 0.25) is 0 Å². The maximum Gasteiger partial charge on any atom is 0.332 e. The van der Waals surface area contributed by atoms with Crippen molar-refractivity contribution in [1.82, 2.24) is 18.7 Å². The van der Waals surface area contributed by atoms with Gasteiger partial charge >= 0.3 is 5.69 Å². The first-order valence-corrected chi connectivity index (χ1v) is 8.07. The fourth-order valence-corrected chi connectivity index (χ4v) is 2.99. The van der Waals surface area contributed by atoms with E-state index in [2.05, 4.69) is 10.1 Å². The standard InChI is InChI=1S/C16H22N6O2/c1-6-8-9-21-15-17-13-12(22(15)11(4)10(3)18-21)14(23)20(7-2)16(24)19(13)5/h6,8,11H,7,9H2,1-5H3/b8-6+/t11-/m1/s1. The van der Waals surface area contributed by atoms with Gasteiger partial charge in [0.15, 0.2) is 11.2 Å². The van der Waals surface area contributed by atoms with Gasteiger partial charge in [-0.25, -0.2) is 9.80 Å². The van der Waals surface area contributed by atoms with E-state index < -0.39 is 0 Å². The van der Waals surface area contributed by atoms with Crippen molar-refractivity contribution in [3.05, 3.63) is 33.0 Å². The van der Waals surface area contributed by atoms with E-state index in [0.29, 0.717) is 30.2 Å². The average Bonchev–Trinajstić information content (AvgIpc) is 2.96. The van der Waals surface area contributed by atoms with Gasteiger partial charge in [-0.2, -0.15) is 10.1 Å². The van der Waals surface area contributed by atoms with Gasteiger partial charge in [-0.15, -0.1) is 0 Å². The molecular weight excluding hydrogens is 308 g/mol. The molecule has 1 aliphatic heterocycles. The van der Waals surface area contributed by atoms with E-state index >= 15 is 0 Å². The van der Waals surface area contributed by atoms with E-state index in [1.54, 1.807) is 19.0 Å². The highest BCUT2D eigenvalue weighted by atomic mass is 16.2. The van der Waals surface area contributed by atoms with Crippen LogP contribution < -0.4 is 16.3 Å². The molecule has 8 heteroatoms. The summed E-state index contributed by atoms with van der Waals surface area (Å²) in [5.41, 5.74) is 1.08. The monoisotopic (exact) mass is 330 g/mol. The summed E-state index contributed by atoms with van der Waals surface area (Å²) in [5.74, 6) is 0.585. The van der Waals surface area contributed by atoms with Crippen LogP contribution >= 0.6 is 0 Å². The molecule has 0 N–H and O–H groups in total. The van der Waals surface area contributed by atoms with E-state index in [0.717, 1.165) is 5.71 Å². The van der Waals surface area contributed by atoms with E-state index in [-0.39, 0.29) is 17.3 Å². The number of hydrogen-bond donors (Lipinski definition) is 0. The van der Waals surface area contributed by atoms with Gasteiger partial charge in [0.25, 0.3) is 5.56 Å². The zero-order valence-electron chi connectivity index (χ0n) is 14.6. The molecule has 0 spiro atoms. The Labute approximate surface area is 139 Å². The Morgan fingerprint density at radius 2 is 2.00 bits per heavy atom. The molecule has 0 saturated carbocycles. The number of allylic oxidation sites excluding steroid dienone is 1. The number of imidazole rings is 1. The summed E-state index contributed by atoms with van der Waals surface area (Å²) in [6, 6.07) is -0.0950. The summed E-state index contributed by atoms with van der Waals surface area (Å²) in [6.07, 6.45) is 3.91. The van der Waals surface area contributed by atoms with Gasteiger partial charge < -0.3 is 0 Å². The van der Waals surface area contributed by atoms with Gasteiger partial charge in [-0.3, -0.25) is 18.5 Å². The molecule has 0 amide bonds. The molecule has 0 saturated heterocycles. The molecule has 0 bridgehead atoms. The quantitative estimate of drug-likeness (QED) is 0.794. The van der Waals surface area contributed by atoms with Gasteiger partial charge in [0.05, 0.1) is 18.3 Å². The third-order valence-corrected chi connectivity index (χ3v) is 4.49. The first kappa shape index (κ1) is 16.2. The minimum absolute atomic E-state index is 0.0950. The predicted octanol–water partition coefficient (Wildman–Crippen LogP) is 1.25. The predicted molar refractivity (Wildman–Crippen MR) is 94.9 cm³/mol. The van der Waals surface area contributed by atoms with E-state index in [1.807, 2.05) is 37.5 Å². The van der Waals surface area contributed by atoms with Crippen molar-refractivity contribution in [2.75, 3.05) is 11.6 Å². The number of hydrogen-bond acceptors (Lipinski definition) is 5. The lowest BCUT2D eigenvalue weighted by atomic mass is 10.2. The second-order valence-electron chi connectivity index (χ2n) is 5.91. The lowest BCUT2D eigenvalue weighted by Crippen LogP contribution is -2.40. The highest BCUT2D eigenvalue weighted by Crippen LogP contribution is 2.29. The lowest BCUT2D eigenvalue weighted by Gasteiger charge is -2.28. The molecule has 1 aliphatic rings. The van der Waals surface area contributed by atoms with Gasteiger partial charge in [-0.05, 0) is 27.7 Å². The number of aromatic nitrogens is 4. The molecule has 0 unspecified atom stereocenters. The first-order valence-electron chi connectivity index (χ1n) is 8.07. The summed E-state index contributed by atoms with van der Waals surface area (Å²) in [7, 11) is 1.64. The Kier molecular flexibility index (Phi) is 3.90. The normalized spacial score (nSPS) is 17.6. The van der Waals surface area contributed by atoms with Gasteiger partial charge in [0.2, 0.25) is 5.95 Å². The van der Waals surface area contributed by atoms with Crippen LogP contribution in [0.25, 0.3) is 11.2 Å². The van der Waals surface area contributed by atoms with Crippen molar-refractivity contribution in [1.29, 1.82) is 0 Å². The Morgan fingerprint density at radius 1 is 1.29 bits per heavy atom. The van der Waals surface area contributed by atoms with Crippen LogP contribution in [0.4, 0.5) is 5.95 Å². The van der Waals surface area contributed by atoms with Crippen LogP contribution in [0, 0.1) is 0 Å². The third kappa shape index (κ3) is 2.13. The molecule has 128 valence electrons. The van der Waals surface area contributed by atoms with Crippen LogP contribution in [0.15, 0.2) is 26.8 Å². The Bertz CT molecular complexity index is 975. The molecule has 1 atom stereocenters. The van der Waals surface area contributed by atoms with Gasteiger partial charge in [0, 0.05) is 13.6 Å². The van der Waals surface area contributed by atoms with Crippen molar-refractivity contribution < 1.29 is 0 Å². The molecule has 0 aliphatic carbocycles. The molecule has 0 fully saturated rings. The molecule has 0 radical (unpaired) electrons. The second-order valence-corrected chi connectivity index (χ2v) is 5.91. The fraction of sp³-hybridized carbons (Fsp3) is 0.500. The molecule has 3 rings (SSSR count). The summed E-state index contributed by atoms with van der Waals surface area (Å²) in [4.78, 5) is 29.8. The minimum Gasteiger partial charge on any atom is -0.294 e. The Hall–Kier alpha value is -2.64. The van der Waals surface area contributed by atoms with Crippen LogP contribution in [-0.2, 0) is 13.6 Å². The van der Waals surface area contributed by atoms with E-state index in [1.165, 1.54) is 9.13 Å². The zero-order chi connectivity index (χ0) is 17.6. The number of aryl methyl sites for hydroxylation is 1. The van der Waals surface area contributed by atoms with Crippen molar-refractivity contribution in [2.24, 2.45) is 12.1 Å². The third-order valence-electron chi connectivity index (χ3n) is 4.49. The van der Waals surface area contributed by atoms with Gasteiger partial charge in [0.1, 0.15) is 0 Å². The smallest absolute Gasteiger partial charge is 0.294 e. The Balaban J connectivity index is 2.40. The number of nitrogens with zero attached hydrogens (tertiary/aromatic N) is 6. The molecular formula is C16H22N6O2. The van der Waals surface area contributed by atoms with Crippen molar-refractivity contribution in [2.45, 2.75) is 40.3 Å². The number of fused-ring (bicyclic) bond motifs is 3. The number of anilines is 1. The minimum atomic E-state index is -0.351. The Morgan fingerprint density at radius 3 is 2.62 bits per heavy atom. The van der Waals surface area contributed by atoms with Crippen LogP contribution in [0.5, 0.6) is 0 Å². The summed E-state index contributed by atoms with van der Waals surface area (Å²) in [6.45, 7) is 8.53. The summed E-state index contributed by atoms with van der Waals surface area (Å²) < 4.78 is 4.55. The van der Waals surface area contributed by atoms with Crippen LogP contribution in [-0.4, -0.2) is 30.9 Å². The molecule has 3 heterocycles. The van der Waals surface area contributed by atoms with Crippen molar-refractivity contribution >= 4 is 22.8 Å². The van der Waals surface area contributed by atoms with Crippen LogP contribution in [0.3, 0.4) is 0 Å². The molecule has 2 aromatic rings. The van der Waals surface area contributed by atoms with Crippen LogP contribution in [0.1, 0.15) is 33.7 Å². The SMILES string of the molecule is C/C=C/CN1N=C(C)[C@@H](C)n2c1nc1c2c(=O)n(CC)c(=O)n1C. The number of rotatable bonds is 3. The summed E-state index contributed by atoms with van der Waals surface area (Å²) in [5, 5.41) is 6.34. The molecule has 0 aromatic carbocycles. The highest BCUT2D eigenvalue weighted by Gasteiger charge is 2.29. The fourth-order valence-electron chi connectivity index (χ4n) is 2.99. The largest absolute Gasteiger partial charge is 0.332 e. The second kappa shape index (κ2) is 5.77. The first-order chi connectivity index (χ1) is 11.4. The number of hydrazone groups is 1. The summed E-state index contributed by atoms with van der Waals surface area (Å²) >= 11 is 0. The van der Waals surface area contributed by atoms with Gasteiger partial charge in [-0.1, -0.05) is 12.2 Å².